The van der Waals surface area contributed by atoms with Gasteiger partial charge in [-0.3, -0.25) is 4.79 Å². The molecule has 1 fully saturated rings. The lowest BCUT2D eigenvalue weighted by Gasteiger charge is -2.38. The standard InChI is InChI=1S/C20H24N2O6/c1-22(20(13-21)6-4-3-5-7-20)17(23)12-28-19(24)14-10-15(25-2)18-16(11-14)26-8-9-27-18/h10-11H,3-9,12H2,1-2H3. The molecular weight excluding hydrogens is 364 g/mol. The van der Waals surface area contributed by atoms with Gasteiger partial charge in [-0.2, -0.15) is 5.26 Å². The third-order valence-corrected chi connectivity index (χ3v) is 5.30. The van der Waals surface area contributed by atoms with Crippen LogP contribution in [0.15, 0.2) is 12.1 Å². The highest BCUT2D eigenvalue weighted by Crippen LogP contribution is 2.40. The molecule has 1 aromatic rings. The molecule has 0 atom stereocenters. The van der Waals surface area contributed by atoms with Crippen LogP contribution in [0.4, 0.5) is 0 Å². The van der Waals surface area contributed by atoms with Crippen LogP contribution in [0.3, 0.4) is 0 Å². The first-order valence-corrected chi connectivity index (χ1v) is 9.33. The lowest BCUT2D eigenvalue weighted by Crippen LogP contribution is -2.51. The summed E-state index contributed by atoms with van der Waals surface area (Å²) >= 11 is 0. The Labute approximate surface area is 163 Å². The summed E-state index contributed by atoms with van der Waals surface area (Å²) in [7, 11) is 3.06. The molecule has 3 rings (SSSR count). The summed E-state index contributed by atoms with van der Waals surface area (Å²) in [6, 6.07) is 5.28. The largest absolute Gasteiger partial charge is 0.493 e. The molecule has 0 N–H and O–H groups in total. The van der Waals surface area contributed by atoms with E-state index >= 15 is 0 Å². The number of fused-ring (bicyclic) bond motifs is 1. The van der Waals surface area contributed by atoms with Crippen LogP contribution < -0.4 is 14.2 Å². The Kier molecular flexibility index (Phi) is 5.93. The van der Waals surface area contributed by atoms with Crippen molar-refractivity contribution < 1.29 is 28.5 Å². The van der Waals surface area contributed by atoms with Crippen LogP contribution in [0.1, 0.15) is 42.5 Å². The molecule has 28 heavy (non-hydrogen) atoms. The van der Waals surface area contributed by atoms with Crippen molar-refractivity contribution in [3.63, 3.8) is 0 Å². The van der Waals surface area contributed by atoms with Crippen LogP contribution >= 0.6 is 0 Å². The average Bonchev–Trinajstić information content (AvgIpc) is 2.76. The van der Waals surface area contributed by atoms with E-state index in [0.29, 0.717) is 43.3 Å². The first-order valence-electron chi connectivity index (χ1n) is 9.33. The lowest BCUT2D eigenvalue weighted by atomic mass is 9.81. The number of hydrogen-bond donors (Lipinski definition) is 0. The average molecular weight is 388 g/mol. The number of hydrogen-bond acceptors (Lipinski definition) is 7. The van der Waals surface area contributed by atoms with Crippen molar-refractivity contribution >= 4 is 11.9 Å². The van der Waals surface area contributed by atoms with Gasteiger partial charge in [0.1, 0.15) is 18.8 Å². The monoisotopic (exact) mass is 388 g/mol. The minimum Gasteiger partial charge on any atom is -0.493 e. The Morgan fingerprint density at radius 2 is 1.93 bits per heavy atom. The third-order valence-electron chi connectivity index (χ3n) is 5.30. The number of ether oxygens (including phenoxy) is 4. The number of rotatable bonds is 5. The van der Waals surface area contributed by atoms with Gasteiger partial charge < -0.3 is 23.8 Å². The number of nitriles is 1. The fourth-order valence-corrected chi connectivity index (χ4v) is 3.60. The normalized spacial score (nSPS) is 17.2. The molecule has 1 heterocycles. The van der Waals surface area contributed by atoms with Gasteiger partial charge in [0.15, 0.2) is 18.1 Å². The minimum atomic E-state index is -0.818. The van der Waals surface area contributed by atoms with Gasteiger partial charge in [-0.25, -0.2) is 4.79 Å². The molecule has 0 aromatic heterocycles. The molecule has 8 nitrogen and oxygen atoms in total. The highest BCUT2D eigenvalue weighted by molar-refractivity contribution is 5.93. The molecule has 8 heteroatoms. The Bertz CT molecular complexity index is 777. The fraction of sp³-hybridized carbons (Fsp3) is 0.550. The van der Waals surface area contributed by atoms with Gasteiger partial charge >= 0.3 is 5.97 Å². The molecule has 0 radical (unpaired) electrons. The van der Waals surface area contributed by atoms with Gasteiger partial charge in [0, 0.05) is 7.05 Å². The van der Waals surface area contributed by atoms with Crippen LogP contribution in [0, 0.1) is 11.3 Å². The molecule has 0 spiro atoms. The summed E-state index contributed by atoms with van der Waals surface area (Å²) in [5, 5.41) is 9.60. The van der Waals surface area contributed by atoms with E-state index in [2.05, 4.69) is 6.07 Å². The van der Waals surface area contributed by atoms with Gasteiger partial charge in [-0.15, -0.1) is 0 Å². The predicted molar refractivity (Wildman–Crippen MR) is 98.5 cm³/mol. The quantitative estimate of drug-likeness (QED) is 0.714. The number of nitrogens with zero attached hydrogens (tertiary/aromatic N) is 2. The fourth-order valence-electron chi connectivity index (χ4n) is 3.60. The predicted octanol–water partition coefficient (Wildman–Crippen LogP) is 2.31. The molecular formula is C20H24N2O6. The van der Waals surface area contributed by atoms with Crippen molar-refractivity contribution in [1.82, 2.24) is 4.90 Å². The first-order chi connectivity index (χ1) is 13.5. The second-order valence-electron chi connectivity index (χ2n) is 6.94. The maximum Gasteiger partial charge on any atom is 0.338 e. The molecule has 0 unspecified atom stereocenters. The van der Waals surface area contributed by atoms with Gasteiger partial charge in [0.2, 0.25) is 5.75 Å². The lowest BCUT2D eigenvalue weighted by molar-refractivity contribution is -0.138. The zero-order valence-corrected chi connectivity index (χ0v) is 16.2. The Morgan fingerprint density at radius 3 is 2.61 bits per heavy atom. The Balaban J connectivity index is 1.67. The number of methoxy groups -OCH3 is 1. The number of carbonyl (C=O) groups excluding carboxylic acids is 2. The summed E-state index contributed by atoms with van der Waals surface area (Å²) < 4.78 is 21.5. The molecule has 0 bridgehead atoms. The molecule has 2 aliphatic rings. The van der Waals surface area contributed by atoms with E-state index in [1.54, 1.807) is 7.05 Å². The summed E-state index contributed by atoms with van der Waals surface area (Å²) in [6.45, 7) is 0.332. The van der Waals surface area contributed by atoms with E-state index in [1.165, 1.54) is 24.1 Å². The second-order valence-corrected chi connectivity index (χ2v) is 6.94. The number of amides is 1. The van der Waals surface area contributed by atoms with Crippen molar-refractivity contribution in [2.45, 2.75) is 37.6 Å². The van der Waals surface area contributed by atoms with E-state index in [9.17, 15) is 14.9 Å². The second kappa shape index (κ2) is 8.38. The number of carbonyl (C=O) groups is 2. The zero-order valence-electron chi connectivity index (χ0n) is 16.2. The van der Waals surface area contributed by atoms with Crippen molar-refractivity contribution in [3.05, 3.63) is 17.7 Å². The van der Waals surface area contributed by atoms with Crippen LogP contribution in [-0.4, -0.2) is 56.3 Å². The third kappa shape index (κ3) is 3.84. The number of likely N-dealkylation sites (N-methyl/N-ethyl adjacent to an activating group) is 1. The van der Waals surface area contributed by atoms with E-state index in [1.807, 2.05) is 0 Å². The molecule has 1 aliphatic heterocycles. The van der Waals surface area contributed by atoms with Crippen LogP contribution in [0.2, 0.25) is 0 Å². The molecule has 0 saturated heterocycles. The number of benzene rings is 1. The van der Waals surface area contributed by atoms with Crippen LogP contribution in [0.25, 0.3) is 0 Å². The number of esters is 1. The Morgan fingerprint density at radius 1 is 1.21 bits per heavy atom. The molecule has 1 amide bonds. The summed E-state index contributed by atoms with van der Waals surface area (Å²) in [4.78, 5) is 26.4. The highest BCUT2D eigenvalue weighted by atomic mass is 16.6. The summed E-state index contributed by atoms with van der Waals surface area (Å²) in [6.07, 6.45) is 4.15. The van der Waals surface area contributed by atoms with E-state index < -0.39 is 24.0 Å². The van der Waals surface area contributed by atoms with E-state index in [4.69, 9.17) is 18.9 Å². The van der Waals surface area contributed by atoms with Crippen molar-refractivity contribution in [3.8, 4) is 23.3 Å². The van der Waals surface area contributed by atoms with E-state index in [-0.39, 0.29) is 5.56 Å². The molecule has 1 aliphatic carbocycles. The maximum atomic E-state index is 12.5. The van der Waals surface area contributed by atoms with Crippen LogP contribution in [0.5, 0.6) is 17.2 Å². The summed E-state index contributed by atoms with van der Waals surface area (Å²) in [5.74, 6) is 0.118. The highest BCUT2D eigenvalue weighted by Gasteiger charge is 2.39. The van der Waals surface area contributed by atoms with Gasteiger partial charge in [-0.1, -0.05) is 19.3 Å². The van der Waals surface area contributed by atoms with Gasteiger partial charge in [0.05, 0.1) is 18.7 Å². The van der Waals surface area contributed by atoms with Crippen molar-refractivity contribution in [1.29, 1.82) is 5.26 Å². The van der Waals surface area contributed by atoms with Gasteiger partial charge in [-0.05, 0) is 25.0 Å². The van der Waals surface area contributed by atoms with Crippen molar-refractivity contribution in [2.75, 3.05) is 34.0 Å². The Hall–Kier alpha value is -2.95. The summed E-state index contributed by atoms with van der Waals surface area (Å²) in [5.41, 5.74) is -0.619. The van der Waals surface area contributed by atoms with Crippen LogP contribution in [-0.2, 0) is 9.53 Å². The SMILES string of the molecule is COc1cc(C(=O)OCC(=O)N(C)C2(C#N)CCCCC2)cc2c1OCCO2. The first kappa shape index (κ1) is 19.8. The minimum absolute atomic E-state index is 0.198. The topological polar surface area (TPSA) is 98.1 Å². The maximum absolute atomic E-state index is 12.5. The molecule has 150 valence electrons. The molecule has 1 saturated carbocycles. The molecule has 1 aromatic carbocycles. The zero-order chi connectivity index (χ0) is 20.1. The van der Waals surface area contributed by atoms with Crippen molar-refractivity contribution in [2.24, 2.45) is 0 Å². The smallest absolute Gasteiger partial charge is 0.338 e. The van der Waals surface area contributed by atoms with Gasteiger partial charge in [0.25, 0.3) is 5.91 Å². The van der Waals surface area contributed by atoms with E-state index in [0.717, 1.165) is 19.3 Å².